The normalized spacial score (nSPS) is 37.6. The molecule has 5 atom stereocenters. The van der Waals surface area contributed by atoms with Crippen molar-refractivity contribution in [1.29, 1.82) is 0 Å². The molecular weight excluding hydrogens is 340 g/mol. The van der Waals surface area contributed by atoms with Crippen molar-refractivity contribution in [3.63, 3.8) is 0 Å². The van der Waals surface area contributed by atoms with Gasteiger partial charge in [-0.2, -0.15) is 0 Å². The van der Waals surface area contributed by atoms with Crippen LogP contribution in [0.15, 0.2) is 35.5 Å². The van der Waals surface area contributed by atoms with E-state index < -0.39 is 0 Å². The molecule has 28 heavy (non-hydrogen) atoms. The SMILES string of the molecule is C=C1CCC(O)CC1=CC=C1CCC[C@]2(C)[C@@H]([C@H](C)CCCC(C)C)CC[C@@H]12. The summed E-state index contributed by atoms with van der Waals surface area (Å²) < 4.78 is 0. The molecule has 158 valence electrons. The summed E-state index contributed by atoms with van der Waals surface area (Å²) in [7, 11) is 0. The van der Waals surface area contributed by atoms with Crippen LogP contribution in [-0.4, -0.2) is 11.2 Å². The van der Waals surface area contributed by atoms with Gasteiger partial charge in [0, 0.05) is 0 Å². The first kappa shape index (κ1) is 21.9. The van der Waals surface area contributed by atoms with Crippen LogP contribution in [0.1, 0.15) is 98.3 Å². The van der Waals surface area contributed by atoms with Gasteiger partial charge in [-0.05, 0) is 86.0 Å². The van der Waals surface area contributed by atoms with E-state index in [1.165, 1.54) is 62.5 Å². The fourth-order valence-electron chi connectivity index (χ4n) is 6.66. The van der Waals surface area contributed by atoms with Gasteiger partial charge in [-0.3, -0.25) is 0 Å². The molecule has 0 saturated heterocycles. The summed E-state index contributed by atoms with van der Waals surface area (Å²) in [5, 5.41) is 10.0. The molecule has 0 bridgehead atoms. The number of fused-ring (bicyclic) bond motifs is 1. The van der Waals surface area contributed by atoms with Crippen molar-refractivity contribution < 1.29 is 5.11 Å². The van der Waals surface area contributed by atoms with E-state index in [2.05, 4.69) is 46.4 Å². The smallest absolute Gasteiger partial charge is 0.0583 e. The molecule has 0 aromatic carbocycles. The van der Waals surface area contributed by atoms with E-state index >= 15 is 0 Å². The molecule has 0 aromatic rings. The van der Waals surface area contributed by atoms with E-state index in [-0.39, 0.29) is 6.10 Å². The molecule has 0 aliphatic heterocycles. The Morgan fingerprint density at radius 2 is 1.89 bits per heavy atom. The molecule has 1 unspecified atom stereocenters. The number of hydrogen-bond acceptors (Lipinski definition) is 1. The maximum atomic E-state index is 10.0. The van der Waals surface area contributed by atoms with Crippen LogP contribution in [0.2, 0.25) is 0 Å². The number of hydrogen-bond donors (Lipinski definition) is 1. The van der Waals surface area contributed by atoms with Crippen molar-refractivity contribution in [3.05, 3.63) is 35.5 Å². The lowest BCUT2D eigenvalue weighted by Gasteiger charge is -2.44. The van der Waals surface area contributed by atoms with Gasteiger partial charge in [0.2, 0.25) is 0 Å². The van der Waals surface area contributed by atoms with Gasteiger partial charge < -0.3 is 5.11 Å². The molecule has 0 amide bonds. The molecule has 0 radical (unpaired) electrons. The van der Waals surface area contributed by atoms with Gasteiger partial charge in [-0.25, -0.2) is 0 Å². The average molecular weight is 385 g/mol. The molecule has 1 nitrogen and oxygen atoms in total. The van der Waals surface area contributed by atoms with Gasteiger partial charge >= 0.3 is 0 Å². The first-order valence-electron chi connectivity index (χ1n) is 12.1. The maximum absolute atomic E-state index is 10.0. The van der Waals surface area contributed by atoms with E-state index in [0.29, 0.717) is 5.41 Å². The van der Waals surface area contributed by atoms with Crippen LogP contribution in [0.5, 0.6) is 0 Å². The topological polar surface area (TPSA) is 20.2 Å². The van der Waals surface area contributed by atoms with Crippen LogP contribution in [0.3, 0.4) is 0 Å². The second-order valence-electron chi connectivity index (χ2n) is 10.8. The zero-order valence-corrected chi connectivity index (χ0v) is 19.0. The molecule has 1 N–H and O–H groups in total. The average Bonchev–Trinajstić information content (AvgIpc) is 2.99. The van der Waals surface area contributed by atoms with Crippen molar-refractivity contribution >= 4 is 0 Å². The lowest BCUT2D eigenvalue weighted by Crippen LogP contribution is -2.36. The second-order valence-corrected chi connectivity index (χ2v) is 10.8. The van der Waals surface area contributed by atoms with Crippen molar-refractivity contribution in [2.24, 2.45) is 29.1 Å². The van der Waals surface area contributed by atoms with Crippen LogP contribution >= 0.6 is 0 Å². The number of allylic oxidation sites excluding steroid dienone is 4. The Morgan fingerprint density at radius 1 is 1.11 bits per heavy atom. The van der Waals surface area contributed by atoms with Gasteiger partial charge in [0.05, 0.1) is 6.10 Å². The second kappa shape index (κ2) is 9.33. The number of aliphatic hydroxyl groups is 1. The highest BCUT2D eigenvalue weighted by molar-refractivity contribution is 5.36. The number of aliphatic hydroxyl groups excluding tert-OH is 1. The van der Waals surface area contributed by atoms with Gasteiger partial charge in [0.15, 0.2) is 0 Å². The minimum absolute atomic E-state index is 0.172. The molecule has 1 heteroatoms. The summed E-state index contributed by atoms with van der Waals surface area (Å²) in [6.45, 7) is 14.1. The molecule has 3 saturated carbocycles. The third-order valence-electron chi connectivity index (χ3n) is 8.35. The van der Waals surface area contributed by atoms with Gasteiger partial charge in [0.25, 0.3) is 0 Å². The number of rotatable bonds is 6. The van der Waals surface area contributed by atoms with E-state index in [1.807, 2.05) is 0 Å². The van der Waals surface area contributed by atoms with Crippen molar-refractivity contribution in [2.45, 2.75) is 104 Å². The maximum Gasteiger partial charge on any atom is 0.0583 e. The largest absolute Gasteiger partial charge is 0.393 e. The highest BCUT2D eigenvalue weighted by Crippen LogP contribution is 2.59. The molecule has 3 aliphatic rings. The summed E-state index contributed by atoms with van der Waals surface area (Å²) in [5.41, 5.74) is 4.72. The fourth-order valence-corrected chi connectivity index (χ4v) is 6.66. The van der Waals surface area contributed by atoms with E-state index in [0.717, 1.165) is 42.9 Å². The Bertz CT molecular complexity index is 610. The predicted octanol–water partition coefficient (Wildman–Crippen LogP) is 7.62. The Balaban J connectivity index is 1.70. The van der Waals surface area contributed by atoms with Crippen LogP contribution in [-0.2, 0) is 0 Å². The third kappa shape index (κ3) is 4.84. The molecule has 0 aromatic heterocycles. The highest BCUT2D eigenvalue weighted by atomic mass is 16.3. The third-order valence-corrected chi connectivity index (χ3v) is 8.35. The van der Waals surface area contributed by atoms with Crippen LogP contribution in [0.4, 0.5) is 0 Å². The molecular formula is C27H44O. The first-order chi connectivity index (χ1) is 13.3. The van der Waals surface area contributed by atoms with Crippen LogP contribution < -0.4 is 0 Å². The lowest BCUT2D eigenvalue weighted by atomic mass is 9.60. The molecule has 3 aliphatic carbocycles. The summed E-state index contributed by atoms with van der Waals surface area (Å²) in [6, 6.07) is 0. The first-order valence-corrected chi connectivity index (χ1v) is 12.1. The minimum atomic E-state index is -0.172. The van der Waals surface area contributed by atoms with Crippen molar-refractivity contribution in [2.75, 3.05) is 0 Å². The van der Waals surface area contributed by atoms with Gasteiger partial charge in [0.1, 0.15) is 0 Å². The van der Waals surface area contributed by atoms with Crippen LogP contribution in [0.25, 0.3) is 0 Å². The highest BCUT2D eigenvalue weighted by Gasteiger charge is 2.50. The van der Waals surface area contributed by atoms with Crippen molar-refractivity contribution in [3.8, 4) is 0 Å². The van der Waals surface area contributed by atoms with Crippen LogP contribution in [0, 0.1) is 29.1 Å². The summed E-state index contributed by atoms with van der Waals surface area (Å²) in [5.74, 6) is 3.37. The predicted molar refractivity (Wildman–Crippen MR) is 121 cm³/mol. The Kier molecular flexibility index (Phi) is 7.29. The Hall–Kier alpha value is -0.820. The summed E-state index contributed by atoms with van der Waals surface area (Å²) in [4.78, 5) is 0. The Morgan fingerprint density at radius 3 is 2.64 bits per heavy atom. The quantitative estimate of drug-likeness (QED) is 0.499. The van der Waals surface area contributed by atoms with Gasteiger partial charge in [-0.15, -0.1) is 0 Å². The standard InChI is InChI=1S/C27H44O/c1-19(2)8-6-9-21(4)25-15-16-26-22(10-7-17-27(25,26)5)12-13-23-18-24(28)14-11-20(23)3/h12-13,19,21,24-26,28H,3,6-11,14-18H2,1-2,4-5H3/t21-,24?,25-,26+,27-/m1/s1. The zero-order chi connectivity index (χ0) is 20.3. The molecule has 0 spiro atoms. The Labute approximate surface area is 174 Å². The molecule has 3 rings (SSSR count). The molecule has 0 heterocycles. The fraction of sp³-hybridized carbons (Fsp3) is 0.778. The zero-order valence-electron chi connectivity index (χ0n) is 19.0. The monoisotopic (exact) mass is 384 g/mol. The van der Waals surface area contributed by atoms with E-state index in [1.54, 1.807) is 5.57 Å². The van der Waals surface area contributed by atoms with E-state index in [9.17, 15) is 5.11 Å². The molecule has 3 fully saturated rings. The lowest BCUT2D eigenvalue weighted by molar-refractivity contribution is 0.0929. The minimum Gasteiger partial charge on any atom is -0.393 e. The van der Waals surface area contributed by atoms with Crippen molar-refractivity contribution in [1.82, 2.24) is 0 Å². The van der Waals surface area contributed by atoms with E-state index in [4.69, 9.17) is 0 Å². The summed E-state index contributed by atoms with van der Waals surface area (Å²) >= 11 is 0. The summed E-state index contributed by atoms with van der Waals surface area (Å²) in [6.07, 6.45) is 18.2. The van der Waals surface area contributed by atoms with Gasteiger partial charge in [-0.1, -0.05) is 76.8 Å².